The van der Waals surface area contributed by atoms with Crippen molar-refractivity contribution in [1.29, 1.82) is 0 Å². The molecule has 108 valence electrons. The van der Waals surface area contributed by atoms with Crippen molar-refractivity contribution in [2.75, 3.05) is 0 Å². The van der Waals surface area contributed by atoms with Gasteiger partial charge in [0, 0.05) is 11.5 Å². The highest BCUT2D eigenvalue weighted by Gasteiger charge is 2.47. The summed E-state index contributed by atoms with van der Waals surface area (Å²) in [5, 5.41) is 9.76. The molecule has 1 rings (SSSR count). The van der Waals surface area contributed by atoms with Gasteiger partial charge < -0.3 is 5.11 Å². The zero-order valence-corrected chi connectivity index (χ0v) is 12.5. The minimum absolute atomic E-state index is 0.0171. The number of aliphatic hydroxyl groups excluding tert-OH is 1. The molecule has 1 unspecified atom stereocenters. The molecule has 1 aliphatic rings. The van der Waals surface area contributed by atoms with Gasteiger partial charge in [-0.3, -0.25) is 9.59 Å². The topological polar surface area (TPSA) is 58.7 Å². The summed E-state index contributed by atoms with van der Waals surface area (Å²) in [4.78, 5) is 22.7. The van der Waals surface area contributed by atoms with E-state index in [9.17, 15) is 14.7 Å². The third-order valence-corrected chi connectivity index (χ3v) is 4.21. The molecule has 0 aromatic heterocycles. The van der Waals surface area contributed by atoms with Gasteiger partial charge in [0.2, 0.25) is 0 Å². The van der Waals surface area contributed by atoms with E-state index >= 15 is 0 Å². The Kier molecular flexibility index (Phi) is 5.48. The zero-order valence-electron chi connectivity index (χ0n) is 12.5. The van der Waals surface area contributed by atoms with Gasteiger partial charge in [0.05, 0.1) is 17.9 Å². The maximum atomic E-state index is 12.4. The molecule has 0 aliphatic heterocycles. The summed E-state index contributed by atoms with van der Waals surface area (Å²) in [5.41, 5.74) is 0.512. The molecule has 0 aromatic rings. The van der Waals surface area contributed by atoms with Crippen LogP contribution in [0, 0.1) is 23.7 Å². The molecule has 3 heteroatoms. The average molecular weight is 267 g/mol. The lowest BCUT2D eigenvalue weighted by atomic mass is 9.67. The van der Waals surface area contributed by atoms with Crippen molar-refractivity contribution in [1.82, 2.24) is 0 Å². The highest BCUT2D eigenvalue weighted by Crippen LogP contribution is 2.37. The lowest BCUT2D eigenvalue weighted by molar-refractivity contribution is -0.122. The summed E-state index contributed by atoms with van der Waals surface area (Å²) in [6.45, 7) is 11.8. The number of aliphatic hydroxyl groups is 1. The number of hydrogen-bond donors (Lipinski definition) is 1. The number of hydrogen-bond acceptors (Lipinski definition) is 2. The molecule has 4 atom stereocenters. The summed E-state index contributed by atoms with van der Waals surface area (Å²) in [5.74, 6) is 0.0584. The number of ketones is 2. The number of allylic oxidation sites excluding steroid dienone is 1. The summed E-state index contributed by atoms with van der Waals surface area (Å²) < 4.78 is 0. The summed E-state index contributed by atoms with van der Waals surface area (Å²) in [6, 6.07) is 0. The van der Waals surface area contributed by atoms with Crippen LogP contribution >= 0.6 is 0 Å². The largest absolute Gasteiger partial charge is 0.393 e. The molecule has 1 fully saturated rings. The lowest BCUT2D eigenvalue weighted by Crippen LogP contribution is -2.43. The van der Waals surface area contributed by atoms with Gasteiger partial charge in [-0.05, 0) is 32.1 Å². The molecule has 1 aliphatic carbocycles. The Bertz CT molecular complexity index is 370. The SMILES string of the molecule is C=C1C(=O)[C@H](C[C@@H](O)CC)C(C)C(=[OH+])[C@@H]1CC(C)C. The van der Waals surface area contributed by atoms with E-state index in [2.05, 4.69) is 20.4 Å². The number of carbonyl (C=O) groups excluding carboxylic acids is 2. The van der Waals surface area contributed by atoms with Crippen LogP contribution in [0.2, 0.25) is 0 Å². The summed E-state index contributed by atoms with van der Waals surface area (Å²) >= 11 is 0. The van der Waals surface area contributed by atoms with Gasteiger partial charge in [0.25, 0.3) is 0 Å². The first-order valence-corrected chi connectivity index (χ1v) is 7.26. The van der Waals surface area contributed by atoms with Crippen LogP contribution in [-0.4, -0.2) is 27.6 Å². The molecule has 0 radical (unpaired) electrons. The Labute approximate surface area is 116 Å². The second-order valence-electron chi connectivity index (χ2n) is 6.19. The number of rotatable bonds is 5. The number of carbonyl (C=O) groups is 1. The van der Waals surface area contributed by atoms with E-state index in [-0.39, 0.29) is 23.5 Å². The van der Waals surface area contributed by atoms with Gasteiger partial charge in [-0.2, -0.15) is 0 Å². The van der Waals surface area contributed by atoms with Crippen LogP contribution < -0.4 is 0 Å². The Morgan fingerprint density at radius 3 is 2.42 bits per heavy atom. The van der Waals surface area contributed by atoms with Crippen LogP contribution in [0.25, 0.3) is 0 Å². The fourth-order valence-corrected chi connectivity index (χ4v) is 2.84. The quantitative estimate of drug-likeness (QED) is 0.615. The normalized spacial score (nSPS) is 30.0. The smallest absolute Gasteiger partial charge is 0.304 e. The fourth-order valence-electron chi connectivity index (χ4n) is 2.84. The number of Topliss-reactive ketones (excluding diaryl/α,β-unsaturated/α-hetero) is 1. The highest BCUT2D eigenvalue weighted by molar-refractivity contribution is 6.09. The molecule has 19 heavy (non-hydrogen) atoms. The maximum Gasteiger partial charge on any atom is 0.304 e. The van der Waals surface area contributed by atoms with Gasteiger partial charge in [-0.25, -0.2) is 0 Å². The van der Waals surface area contributed by atoms with E-state index < -0.39 is 6.10 Å². The van der Waals surface area contributed by atoms with Crippen molar-refractivity contribution in [3.63, 3.8) is 0 Å². The minimum atomic E-state index is -0.487. The molecule has 3 nitrogen and oxygen atoms in total. The Morgan fingerprint density at radius 1 is 1.37 bits per heavy atom. The van der Waals surface area contributed by atoms with Crippen molar-refractivity contribution in [2.24, 2.45) is 23.7 Å². The van der Waals surface area contributed by atoms with E-state index in [0.29, 0.717) is 30.1 Å². The second-order valence-corrected chi connectivity index (χ2v) is 6.19. The Hall–Kier alpha value is -0.960. The van der Waals surface area contributed by atoms with Crippen LogP contribution in [0.1, 0.15) is 47.0 Å². The maximum absolute atomic E-state index is 12.4. The molecule has 0 amide bonds. The minimum Gasteiger partial charge on any atom is -0.393 e. The second kappa shape index (κ2) is 6.47. The Morgan fingerprint density at radius 2 is 1.95 bits per heavy atom. The first-order chi connectivity index (χ1) is 8.79. The first-order valence-electron chi connectivity index (χ1n) is 7.26. The van der Waals surface area contributed by atoms with Gasteiger partial charge in [0.15, 0.2) is 5.78 Å². The lowest BCUT2D eigenvalue weighted by Gasteiger charge is -2.31. The van der Waals surface area contributed by atoms with Crippen LogP contribution in [0.15, 0.2) is 12.2 Å². The molecule has 0 spiro atoms. The predicted octanol–water partition coefficient (Wildman–Crippen LogP) is 2.75. The molecular formula is C16H27O3+. The molecule has 1 saturated carbocycles. The van der Waals surface area contributed by atoms with E-state index in [1.165, 1.54) is 0 Å². The average Bonchev–Trinajstić information content (AvgIpc) is 2.36. The fraction of sp³-hybridized carbons (Fsp3) is 0.750. The van der Waals surface area contributed by atoms with Crippen molar-refractivity contribution in [3.05, 3.63) is 12.2 Å². The molecular weight excluding hydrogens is 240 g/mol. The van der Waals surface area contributed by atoms with E-state index in [4.69, 9.17) is 0 Å². The third kappa shape index (κ3) is 3.53. The van der Waals surface area contributed by atoms with Crippen molar-refractivity contribution < 1.29 is 14.7 Å². The van der Waals surface area contributed by atoms with Gasteiger partial charge >= 0.3 is 5.78 Å². The molecule has 0 heterocycles. The summed E-state index contributed by atoms with van der Waals surface area (Å²) in [6.07, 6.45) is 1.30. The third-order valence-electron chi connectivity index (χ3n) is 4.21. The van der Waals surface area contributed by atoms with Gasteiger partial charge in [-0.1, -0.05) is 27.4 Å². The van der Waals surface area contributed by atoms with Crippen LogP contribution in [0.3, 0.4) is 0 Å². The van der Waals surface area contributed by atoms with Crippen LogP contribution in [-0.2, 0) is 4.79 Å². The van der Waals surface area contributed by atoms with Crippen molar-refractivity contribution >= 4 is 11.6 Å². The molecule has 0 saturated heterocycles. The van der Waals surface area contributed by atoms with E-state index in [0.717, 1.165) is 6.42 Å². The predicted molar refractivity (Wildman–Crippen MR) is 77.6 cm³/mol. The highest BCUT2D eigenvalue weighted by atomic mass is 16.3. The van der Waals surface area contributed by atoms with Crippen molar-refractivity contribution in [2.45, 2.75) is 53.1 Å². The molecule has 0 aromatic carbocycles. The van der Waals surface area contributed by atoms with Gasteiger partial charge in [0.1, 0.15) is 0 Å². The molecule has 2 N–H and O–H groups in total. The standard InChI is InChI=1S/C16H26O3/c1-6-12(17)8-14-11(5)15(18)13(7-9(2)3)10(4)16(14)19/h9,11-14,17H,4,6-8H2,1-3,5H3/p+1/t11?,12-,13+,14+/m0/s1. The van der Waals surface area contributed by atoms with E-state index in [1.54, 1.807) is 0 Å². The van der Waals surface area contributed by atoms with Crippen molar-refractivity contribution in [3.8, 4) is 0 Å². The monoisotopic (exact) mass is 267 g/mol. The zero-order chi connectivity index (χ0) is 14.7. The molecule has 0 bridgehead atoms. The van der Waals surface area contributed by atoms with Gasteiger partial charge in [-0.15, -0.1) is 0 Å². The summed E-state index contributed by atoms with van der Waals surface area (Å²) in [7, 11) is 0. The van der Waals surface area contributed by atoms with Crippen LogP contribution in [0.5, 0.6) is 0 Å². The van der Waals surface area contributed by atoms with E-state index in [1.807, 2.05) is 13.8 Å². The first kappa shape index (κ1) is 16.1. The van der Waals surface area contributed by atoms with Crippen LogP contribution in [0.4, 0.5) is 0 Å². The Balaban J connectivity index is 2.90.